The van der Waals surface area contributed by atoms with Gasteiger partial charge in [0.2, 0.25) is 9.70 Å². The van der Waals surface area contributed by atoms with Crippen molar-refractivity contribution in [1.29, 1.82) is 0 Å². The summed E-state index contributed by atoms with van der Waals surface area (Å²) in [7, 11) is 0. The smallest absolute Gasteiger partial charge is 0.361 e. The molecule has 0 aliphatic rings. The van der Waals surface area contributed by atoms with Crippen LogP contribution in [0.3, 0.4) is 0 Å². The molecular formula is C18H13Cl4F3N2O. The van der Waals surface area contributed by atoms with Gasteiger partial charge in [0.1, 0.15) is 6.17 Å². The first-order valence-electron chi connectivity index (χ1n) is 7.70. The molecule has 10 heteroatoms. The molecule has 0 spiro atoms. The van der Waals surface area contributed by atoms with E-state index in [4.69, 9.17) is 46.4 Å². The molecule has 1 atom stereocenters. The Morgan fingerprint density at radius 3 is 2.25 bits per heavy atom. The molecule has 0 aliphatic carbocycles. The van der Waals surface area contributed by atoms with Crippen LogP contribution in [0.5, 0.6) is 0 Å². The molecule has 0 aliphatic heterocycles. The van der Waals surface area contributed by atoms with E-state index in [-0.39, 0.29) is 10.7 Å². The van der Waals surface area contributed by atoms with E-state index in [0.717, 1.165) is 23.8 Å². The molecule has 0 heterocycles. The zero-order chi connectivity index (χ0) is 20.9. The van der Waals surface area contributed by atoms with Gasteiger partial charge >= 0.3 is 6.18 Å². The first-order chi connectivity index (χ1) is 13.0. The molecule has 0 saturated carbocycles. The Balaban J connectivity index is 2.19. The van der Waals surface area contributed by atoms with Gasteiger partial charge in [0.05, 0.1) is 16.3 Å². The summed E-state index contributed by atoms with van der Waals surface area (Å²) < 4.78 is 36.7. The summed E-state index contributed by atoms with van der Waals surface area (Å²) in [5.41, 5.74) is -0.338. The lowest BCUT2D eigenvalue weighted by atomic mass is 10.2. The monoisotopic (exact) mass is 470 g/mol. The van der Waals surface area contributed by atoms with Crippen molar-refractivity contribution in [3.63, 3.8) is 0 Å². The second-order valence-electron chi connectivity index (χ2n) is 5.56. The zero-order valence-electron chi connectivity index (χ0n) is 13.9. The summed E-state index contributed by atoms with van der Waals surface area (Å²) in [5.74, 6) is -0.629. The van der Waals surface area contributed by atoms with Gasteiger partial charge in [0.25, 0.3) is 0 Å². The highest BCUT2D eigenvalue weighted by Gasteiger charge is 2.35. The van der Waals surface area contributed by atoms with Crippen LogP contribution in [0.15, 0.2) is 54.6 Å². The predicted molar refractivity (Wildman–Crippen MR) is 108 cm³/mol. The van der Waals surface area contributed by atoms with Crippen LogP contribution in [0.1, 0.15) is 11.1 Å². The molecular weight excluding hydrogens is 459 g/mol. The average Bonchev–Trinajstić information content (AvgIpc) is 2.60. The topological polar surface area (TPSA) is 41.1 Å². The van der Waals surface area contributed by atoms with Crippen LogP contribution in [-0.4, -0.2) is 15.9 Å². The number of nitrogens with one attached hydrogen (secondary N) is 2. The van der Waals surface area contributed by atoms with Crippen LogP contribution in [0, 0.1) is 0 Å². The molecule has 0 fully saturated rings. The minimum atomic E-state index is -4.59. The molecule has 2 aromatic rings. The number of benzene rings is 2. The fraction of sp³-hybridized carbons (Fsp3) is 0.167. The Kier molecular flexibility index (Phi) is 7.51. The molecule has 1 unspecified atom stereocenters. The van der Waals surface area contributed by atoms with Crippen LogP contribution in [0.4, 0.5) is 18.9 Å². The van der Waals surface area contributed by atoms with Crippen molar-refractivity contribution in [3.05, 3.63) is 70.8 Å². The van der Waals surface area contributed by atoms with E-state index in [1.54, 1.807) is 24.3 Å². The minimum absolute atomic E-state index is 0.0404. The van der Waals surface area contributed by atoms with Crippen molar-refractivity contribution in [3.8, 4) is 0 Å². The van der Waals surface area contributed by atoms with E-state index < -0.39 is 27.6 Å². The highest BCUT2D eigenvalue weighted by Crippen LogP contribution is 2.36. The van der Waals surface area contributed by atoms with Crippen LogP contribution >= 0.6 is 46.4 Å². The maximum absolute atomic E-state index is 12.9. The number of anilines is 1. The number of carbonyl (C=O) groups is 1. The Morgan fingerprint density at radius 2 is 1.68 bits per heavy atom. The van der Waals surface area contributed by atoms with Crippen molar-refractivity contribution >= 4 is 64.1 Å². The summed E-state index contributed by atoms with van der Waals surface area (Å²) in [6, 6.07) is 11.6. The highest BCUT2D eigenvalue weighted by atomic mass is 35.6. The lowest BCUT2D eigenvalue weighted by Crippen LogP contribution is -2.48. The molecule has 3 nitrogen and oxygen atoms in total. The summed E-state index contributed by atoms with van der Waals surface area (Å²) in [5, 5.41) is 4.88. The van der Waals surface area contributed by atoms with Gasteiger partial charge in [-0.25, -0.2) is 0 Å². The molecule has 150 valence electrons. The fourth-order valence-electron chi connectivity index (χ4n) is 2.09. The van der Waals surface area contributed by atoms with E-state index in [1.165, 1.54) is 12.2 Å². The standard InChI is InChI=1S/C18H13Cl4F3N2O/c19-13-8-7-12(18(23,24)25)10-14(13)26-16(17(20,21)22)27-15(28)9-6-11-4-2-1-3-5-11/h1-10,16,26H,(H,27,28). The van der Waals surface area contributed by atoms with Crippen LogP contribution in [0.25, 0.3) is 6.08 Å². The first kappa shape index (κ1) is 22.7. The van der Waals surface area contributed by atoms with Gasteiger partial charge in [0, 0.05) is 6.08 Å². The Hall–Kier alpha value is -1.60. The second kappa shape index (κ2) is 9.27. The van der Waals surface area contributed by atoms with Gasteiger partial charge in [0.15, 0.2) is 0 Å². The minimum Gasteiger partial charge on any atom is -0.361 e. The molecule has 2 rings (SSSR count). The lowest BCUT2D eigenvalue weighted by Gasteiger charge is -2.27. The van der Waals surface area contributed by atoms with Crippen molar-refractivity contribution in [2.45, 2.75) is 16.1 Å². The van der Waals surface area contributed by atoms with Crippen LogP contribution in [0.2, 0.25) is 5.02 Å². The van der Waals surface area contributed by atoms with Crippen LogP contribution in [-0.2, 0) is 11.0 Å². The van der Waals surface area contributed by atoms with Gasteiger partial charge < -0.3 is 10.6 Å². The third-order valence-corrected chi connectivity index (χ3v) is 4.42. The number of halogens is 7. The maximum atomic E-state index is 12.9. The number of hydrogen-bond acceptors (Lipinski definition) is 2. The number of hydrogen-bond donors (Lipinski definition) is 2. The number of alkyl halides is 6. The number of amides is 1. The summed E-state index contributed by atoms with van der Waals surface area (Å²) >= 11 is 23.5. The highest BCUT2D eigenvalue weighted by molar-refractivity contribution is 6.68. The molecule has 0 aromatic heterocycles. The molecule has 2 aromatic carbocycles. The molecule has 0 saturated heterocycles. The largest absolute Gasteiger partial charge is 0.416 e. The second-order valence-corrected chi connectivity index (χ2v) is 8.34. The Morgan fingerprint density at radius 1 is 1.04 bits per heavy atom. The van der Waals surface area contributed by atoms with E-state index in [9.17, 15) is 18.0 Å². The normalized spacial score (nSPS) is 13.4. The van der Waals surface area contributed by atoms with E-state index >= 15 is 0 Å². The van der Waals surface area contributed by atoms with Crippen molar-refractivity contribution < 1.29 is 18.0 Å². The van der Waals surface area contributed by atoms with E-state index in [1.807, 2.05) is 6.07 Å². The quantitative estimate of drug-likeness (QED) is 0.305. The maximum Gasteiger partial charge on any atom is 0.416 e. The van der Waals surface area contributed by atoms with E-state index in [2.05, 4.69) is 10.6 Å². The summed E-state index contributed by atoms with van der Waals surface area (Å²) in [6.45, 7) is 0. The first-order valence-corrected chi connectivity index (χ1v) is 9.21. The molecule has 0 radical (unpaired) electrons. The Bertz CT molecular complexity index is 852. The SMILES string of the molecule is O=C(C=Cc1ccccc1)NC(Nc1cc(C(F)(F)F)ccc1Cl)C(Cl)(Cl)Cl. The zero-order valence-corrected chi connectivity index (χ0v) is 16.9. The van der Waals surface area contributed by atoms with E-state index in [0.29, 0.717) is 0 Å². The molecule has 1 amide bonds. The summed E-state index contributed by atoms with van der Waals surface area (Å²) in [4.78, 5) is 12.1. The number of carbonyl (C=O) groups excluding carboxylic acids is 1. The van der Waals surface area contributed by atoms with Crippen molar-refractivity contribution in [2.24, 2.45) is 0 Å². The molecule has 2 N–H and O–H groups in total. The van der Waals surface area contributed by atoms with Crippen molar-refractivity contribution in [1.82, 2.24) is 5.32 Å². The van der Waals surface area contributed by atoms with Crippen LogP contribution < -0.4 is 10.6 Å². The lowest BCUT2D eigenvalue weighted by molar-refractivity contribution is -0.137. The van der Waals surface area contributed by atoms with Gasteiger partial charge in [-0.2, -0.15) is 13.2 Å². The predicted octanol–water partition coefficient (Wildman–Crippen LogP) is 6.30. The number of rotatable bonds is 5. The van der Waals surface area contributed by atoms with Gasteiger partial charge in [-0.15, -0.1) is 0 Å². The third-order valence-electron chi connectivity index (χ3n) is 3.43. The Labute approximate surface area is 179 Å². The molecule has 0 bridgehead atoms. The third kappa shape index (κ3) is 6.78. The summed E-state index contributed by atoms with van der Waals surface area (Å²) in [6.07, 6.45) is -3.21. The van der Waals surface area contributed by atoms with Crippen molar-refractivity contribution in [2.75, 3.05) is 5.32 Å². The molecule has 28 heavy (non-hydrogen) atoms. The van der Waals surface area contributed by atoms with Gasteiger partial charge in [-0.3, -0.25) is 4.79 Å². The fourth-order valence-corrected chi connectivity index (χ4v) is 2.59. The van der Waals surface area contributed by atoms with Gasteiger partial charge in [-0.1, -0.05) is 76.7 Å². The van der Waals surface area contributed by atoms with Gasteiger partial charge in [-0.05, 0) is 29.8 Å². The average molecular weight is 472 g/mol.